The van der Waals surface area contributed by atoms with Crippen LogP contribution in [-0.2, 0) is 14.3 Å². The molecule has 0 saturated carbocycles. The summed E-state index contributed by atoms with van der Waals surface area (Å²) >= 11 is 0. The van der Waals surface area contributed by atoms with Gasteiger partial charge in [0.25, 0.3) is 0 Å². The van der Waals surface area contributed by atoms with E-state index < -0.39 is 0 Å². The van der Waals surface area contributed by atoms with Crippen LogP contribution in [0, 0.1) is 17.8 Å². The predicted octanol–water partition coefficient (Wildman–Crippen LogP) is 5.55. The molecule has 0 radical (unpaired) electrons. The van der Waals surface area contributed by atoms with Gasteiger partial charge in [-0.05, 0) is 43.9 Å². The van der Waals surface area contributed by atoms with Gasteiger partial charge in [0.2, 0.25) is 5.91 Å². The van der Waals surface area contributed by atoms with Crippen LogP contribution >= 0.6 is 0 Å². The zero-order chi connectivity index (χ0) is 20.7. The molecule has 0 saturated heterocycles. The maximum Gasteiger partial charge on any atom is 0.222 e. The van der Waals surface area contributed by atoms with E-state index in [0.29, 0.717) is 43.9 Å². The molecule has 0 aliphatic heterocycles. The lowest BCUT2D eigenvalue weighted by atomic mass is 10.1. The Hall–Kier alpha value is -0.610. The molecule has 1 atom stereocenters. The van der Waals surface area contributed by atoms with Gasteiger partial charge in [-0.3, -0.25) is 4.79 Å². The number of hydrogen-bond acceptors (Lipinski definition) is 3. The van der Waals surface area contributed by atoms with E-state index in [4.69, 9.17) is 9.47 Å². The van der Waals surface area contributed by atoms with Crippen molar-refractivity contribution in [1.82, 2.24) is 4.90 Å². The summed E-state index contributed by atoms with van der Waals surface area (Å²) in [6.07, 6.45) is 6.13. The Morgan fingerprint density at radius 1 is 0.778 bits per heavy atom. The van der Waals surface area contributed by atoms with Gasteiger partial charge in [-0.1, -0.05) is 54.4 Å². The Balaban J connectivity index is 4.34. The Labute approximate surface area is 169 Å². The summed E-state index contributed by atoms with van der Waals surface area (Å²) in [6, 6.07) is 0. The number of amides is 1. The van der Waals surface area contributed by atoms with Crippen molar-refractivity contribution in [2.45, 2.75) is 93.1 Å². The number of unbranched alkanes of at least 4 members (excludes halogenated alkanes) is 1. The van der Waals surface area contributed by atoms with E-state index in [0.717, 1.165) is 38.9 Å². The molecular weight excluding hydrogens is 338 g/mol. The maximum atomic E-state index is 12.7. The van der Waals surface area contributed by atoms with E-state index >= 15 is 0 Å². The lowest BCUT2D eigenvalue weighted by Gasteiger charge is -2.26. The Kier molecular flexibility index (Phi) is 16.0. The topological polar surface area (TPSA) is 38.8 Å². The van der Waals surface area contributed by atoms with Gasteiger partial charge in [-0.25, -0.2) is 0 Å². The third-order valence-corrected chi connectivity index (χ3v) is 4.69. The lowest BCUT2D eigenvalue weighted by molar-refractivity contribution is -0.134. The molecule has 27 heavy (non-hydrogen) atoms. The highest BCUT2D eigenvalue weighted by Gasteiger charge is 2.17. The second-order valence-electron chi connectivity index (χ2n) is 9.14. The van der Waals surface area contributed by atoms with Crippen LogP contribution in [0.1, 0.15) is 87.0 Å². The number of rotatable bonds is 17. The van der Waals surface area contributed by atoms with Crippen LogP contribution < -0.4 is 0 Å². The molecule has 0 N–H and O–H groups in total. The zero-order valence-corrected chi connectivity index (χ0v) is 19.3. The van der Waals surface area contributed by atoms with Gasteiger partial charge in [0.05, 0.1) is 12.7 Å². The molecule has 0 rings (SSSR count). The van der Waals surface area contributed by atoms with E-state index in [1.807, 2.05) is 4.90 Å². The summed E-state index contributed by atoms with van der Waals surface area (Å²) in [4.78, 5) is 14.6. The quantitative estimate of drug-likeness (QED) is 0.308. The highest BCUT2D eigenvalue weighted by molar-refractivity contribution is 5.76. The normalized spacial score (nSPS) is 13.0. The smallest absolute Gasteiger partial charge is 0.222 e. The van der Waals surface area contributed by atoms with Gasteiger partial charge >= 0.3 is 0 Å². The fraction of sp³-hybridized carbons (Fsp3) is 0.957. The average molecular weight is 386 g/mol. The third-order valence-electron chi connectivity index (χ3n) is 4.69. The van der Waals surface area contributed by atoms with Crippen LogP contribution in [0.25, 0.3) is 0 Å². The largest absolute Gasteiger partial charge is 0.380 e. The monoisotopic (exact) mass is 385 g/mol. The zero-order valence-electron chi connectivity index (χ0n) is 19.3. The van der Waals surface area contributed by atoms with Gasteiger partial charge in [0.15, 0.2) is 0 Å². The van der Waals surface area contributed by atoms with E-state index in [-0.39, 0.29) is 12.0 Å². The molecule has 4 heteroatoms. The van der Waals surface area contributed by atoms with Crippen molar-refractivity contribution in [2.75, 3.05) is 32.9 Å². The molecule has 0 aromatic rings. The molecule has 0 aliphatic carbocycles. The number of carbonyl (C=O) groups excluding carboxylic acids is 1. The minimum absolute atomic E-state index is 0.0685. The maximum absolute atomic E-state index is 12.7. The molecule has 162 valence electrons. The lowest BCUT2D eigenvalue weighted by Crippen LogP contribution is -2.39. The first kappa shape index (κ1) is 26.4. The summed E-state index contributed by atoms with van der Waals surface area (Å²) in [5.74, 6) is 2.24. The number of ether oxygens (including phenoxy) is 2. The van der Waals surface area contributed by atoms with Crippen LogP contribution in [0.2, 0.25) is 0 Å². The molecular formula is C23H47NO3. The van der Waals surface area contributed by atoms with Crippen LogP contribution in [0.3, 0.4) is 0 Å². The summed E-state index contributed by atoms with van der Waals surface area (Å²) in [5.41, 5.74) is 0. The minimum atomic E-state index is 0.0685. The van der Waals surface area contributed by atoms with Gasteiger partial charge in [0.1, 0.15) is 0 Å². The Morgan fingerprint density at radius 3 is 1.96 bits per heavy atom. The van der Waals surface area contributed by atoms with Crippen LogP contribution in [0.15, 0.2) is 0 Å². The fourth-order valence-corrected chi connectivity index (χ4v) is 2.77. The van der Waals surface area contributed by atoms with Crippen LogP contribution in [0.4, 0.5) is 0 Å². The van der Waals surface area contributed by atoms with E-state index in [1.54, 1.807) is 0 Å². The van der Waals surface area contributed by atoms with Crippen molar-refractivity contribution in [3.63, 3.8) is 0 Å². The third kappa shape index (κ3) is 17.2. The predicted molar refractivity (Wildman–Crippen MR) is 115 cm³/mol. The standard InChI is InChI=1S/C23H47NO3/c1-19(2)10-8-9-11-23(25)24(14-17-26-15-12-20(3)4)18-22(7)27-16-13-21(5)6/h19-22H,8-18H2,1-7H3. The second-order valence-corrected chi connectivity index (χ2v) is 9.14. The molecule has 0 spiro atoms. The summed E-state index contributed by atoms with van der Waals surface area (Å²) in [6.45, 7) is 18.8. The molecule has 0 fully saturated rings. The van der Waals surface area contributed by atoms with Crippen molar-refractivity contribution in [3.05, 3.63) is 0 Å². The molecule has 0 aliphatic rings. The van der Waals surface area contributed by atoms with Gasteiger partial charge < -0.3 is 14.4 Å². The van der Waals surface area contributed by atoms with Crippen molar-refractivity contribution < 1.29 is 14.3 Å². The second kappa shape index (κ2) is 16.4. The fourth-order valence-electron chi connectivity index (χ4n) is 2.77. The van der Waals surface area contributed by atoms with Crippen molar-refractivity contribution in [1.29, 1.82) is 0 Å². The van der Waals surface area contributed by atoms with Crippen molar-refractivity contribution in [3.8, 4) is 0 Å². The highest BCUT2D eigenvalue weighted by atomic mass is 16.5. The Morgan fingerprint density at radius 2 is 1.37 bits per heavy atom. The molecule has 0 aromatic carbocycles. The molecule has 0 heterocycles. The van der Waals surface area contributed by atoms with Crippen LogP contribution in [-0.4, -0.2) is 49.8 Å². The summed E-state index contributed by atoms with van der Waals surface area (Å²) in [5, 5.41) is 0. The molecule has 1 amide bonds. The first-order valence-corrected chi connectivity index (χ1v) is 11.2. The van der Waals surface area contributed by atoms with Crippen molar-refractivity contribution in [2.24, 2.45) is 17.8 Å². The molecule has 4 nitrogen and oxygen atoms in total. The van der Waals surface area contributed by atoms with E-state index in [1.165, 1.54) is 6.42 Å². The summed E-state index contributed by atoms with van der Waals surface area (Å²) in [7, 11) is 0. The van der Waals surface area contributed by atoms with Crippen molar-refractivity contribution >= 4 is 5.91 Å². The number of hydrogen-bond donors (Lipinski definition) is 0. The minimum Gasteiger partial charge on any atom is -0.380 e. The molecule has 0 aromatic heterocycles. The number of nitrogens with zero attached hydrogens (tertiary/aromatic N) is 1. The van der Waals surface area contributed by atoms with Gasteiger partial charge in [-0.2, -0.15) is 0 Å². The highest BCUT2D eigenvalue weighted by Crippen LogP contribution is 2.11. The summed E-state index contributed by atoms with van der Waals surface area (Å²) < 4.78 is 11.7. The number of carbonyl (C=O) groups is 1. The first-order valence-electron chi connectivity index (χ1n) is 11.2. The first-order chi connectivity index (χ1) is 12.7. The van der Waals surface area contributed by atoms with E-state index in [2.05, 4.69) is 48.5 Å². The SMILES string of the molecule is CC(C)CCCCC(=O)N(CCOCCC(C)C)CC(C)OCCC(C)C. The van der Waals surface area contributed by atoms with Gasteiger partial charge in [-0.15, -0.1) is 0 Å². The molecule has 0 bridgehead atoms. The molecule has 1 unspecified atom stereocenters. The Bertz CT molecular complexity index is 356. The van der Waals surface area contributed by atoms with Crippen LogP contribution in [0.5, 0.6) is 0 Å². The average Bonchev–Trinajstić information content (AvgIpc) is 2.56. The van der Waals surface area contributed by atoms with Gasteiger partial charge in [0, 0.05) is 32.7 Å². The van der Waals surface area contributed by atoms with E-state index in [9.17, 15) is 4.79 Å².